The molecule has 0 N–H and O–H groups in total. The number of esters is 1. The lowest BCUT2D eigenvalue weighted by atomic mass is 9.99. The standard InChI is InChI=1S/C21H24O4/c1-23-20(22)15-19-14-18(13-12-16-8-4-2-5-9-16)24-21(25-19)17-10-6-3-7-11-17/h2-11,18-19,21H,12-15H2,1H3/t18-,19+,21+/m1/s1/i21D. The summed E-state index contributed by atoms with van der Waals surface area (Å²) in [6, 6.07) is 19.4. The van der Waals surface area contributed by atoms with Gasteiger partial charge in [0.05, 0.1) is 27.1 Å². The molecule has 1 heterocycles. The number of carbonyl (C=O) groups excluding carboxylic acids is 1. The van der Waals surface area contributed by atoms with Crippen molar-refractivity contribution in [1.82, 2.24) is 0 Å². The smallest absolute Gasteiger partial charge is 0.308 e. The SMILES string of the molecule is [2H][C@]1(c2ccccc2)O[C@H](CCc2ccccc2)C[C@@H](CC(=O)OC)O1. The van der Waals surface area contributed by atoms with Crippen LogP contribution >= 0.6 is 0 Å². The van der Waals surface area contributed by atoms with Gasteiger partial charge in [0.25, 0.3) is 0 Å². The van der Waals surface area contributed by atoms with Gasteiger partial charge in [0.2, 0.25) is 0 Å². The van der Waals surface area contributed by atoms with Crippen LogP contribution in [0.3, 0.4) is 0 Å². The summed E-state index contributed by atoms with van der Waals surface area (Å²) in [5.41, 5.74) is 1.85. The number of rotatable bonds is 6. The van der Waals surface area contributed by atoms with Crippen LogP contribution in [0.5, 0.6) is 0 Å². The van der Waals surface area contributed by atoms with Crippen LogP contribution < -0.4 is 0 Å². The summed E-state index contributed by atoms with van der Waals surface area (Å²) in [7, 11) is 1.36. The lowest BCUT2D eigenvalue weighted by Crippen LogP contribution is -2.35. The van der Waals surface area contributed by atoms with Crippen molar-refractivity contribution in [1.29, 1.82) is 0 Å². The molecule has 4 nitrogen and oxygen atoms in total. The van der Waals surface area contributed by atoms with Crippen LogP contribution in [0.15, 0.2) is 60.7 Å². The highest BCUT2D eigenvalue weighted by molar-refractivity contribution is 5.69. The van der Waals surface area contributed by atoms with Gasteiger partial charge < -0.3 is 14.2 Å². The molecule has 4 heteroatoms. The van der Waals surface area contributed by atoms with Crippen molar-refractivity contribution in [3.63, 3.8) is 0 Å². The first-order valence-corrected chi connectivity index (χ1v) is 8.61. The highest BCUT2D eigenvalue weighted by atomic mass is 16.7. The number of aryl methyl sites for hydroxylation is 1. The zero-order valence-corrected chi connectivity index (χ0v) is 14.4. The van der Waals surface area contributed by atoms with Crippen molar-refractivity contribution in [3.05, 3.63) is 71.8 Å². The molecule has 0 spiro atoms. The number of methoxy groups -OCH3 is 1. The van der Waals surface area contributed by atoms with Gasteiger partial charge in [-0.15, -0.1) is 0 Å². The van der Waals surface area contributed by atoms with Crippen molar-refractivity contribution >= 4 is 5.97 Å². The molecule has 25 heavy (non-hydrogen) atoms. The van der Waals surface area contributed by atoms with E-state index in [-0.39, 0.29) is 18.5 Å². The Morgan fingerprint density at radius 1 is 1.08 bits per heavy atom. The van der Waals surface area contributed by atoms with Crippen LogP contribution in [-0.2, 0) is 25.4 Å². The minimum absolute atomic E-state index is 0.120. The normalized spacial score (nSPS) is 26.7. The first-order chi connectivity index (χ1) is 12.6. The molecule has 0 aliphatic carbocycles. The Kier molecular flexibility index (Phi) is 5.73. The third-order valence-corrected chi connectivity index (χ3v) is 4.30. The van der Waals surface area contributed by atoms with Gasteiger partial charge >= 0.3 is 5.97 Å². The van der Waals surface area contributed by atoms with Crippen LogP contribution in [0.4, 0.5) is 0 Å². The number of carbonyl (C=O) groups is 1. The van der Waals surface area contributed by atoms with Gasteiger partial charge in [0.15, 0.2) is 6.27 Å². The van der Waals surface area contributed by atoms with E-state index < -0.39 is 12.4 Å². The number of ether oxygens (including phenoxy) is 3. The predicted octanol–water partition coefficient (Wildman–Crippen LogP) is 4.06. The van der Waals surface area contributed by atoms with Gasteiger partial charge in [0, 0.05) is 12.0 Å². The molecule has 1 aliphatic rings. The Labute approximate surface area is 150 Å². The zero-order chi connectivity index (χ0) is 18.4. The van der Waals surface area contributed by atoms with Gasteiger partial charge in [-0.2, -0.15) is 0 Å². The Morgan fingerprint density at radius 2 is 1.72 bits per heavy atom. The second kappa shape index (κ2) is 8.79. The predicted molar refractivity (Wildman–Crippen MR) is 94.9 cm³/mol. The molecule has 0 radical (unpaired) electrons. The van der Waals surface area contributed by atoms with E-state index in [9.17, 15) is 4.79 Å². The Bertz CT molecular complexity index is 706. The van der Waals surface area contributed by atoms with E-state index in [0.29, 0.717) is 12.0 Å². The summed E-state index contributed by atoms with van der Waals surface area (Å²) in [6.45, 7) is 0. The molecule has 1 fully saturated rings. The fraction of sp³-hybridized carbons (Fsp3) is 0.381. The van der Waals surface area contributed by atoms with E-state index in [2.05, 4.69) is 12.1 Å². The van der Waals surface area contributed by atoms with Crippen LogP contribution in [0.2, 0.25) is 0 Å². The fourth-order valence-electron chi connectivity index (χ4n) is 2.97. The summed E-state index contributed by atoms with van der Waals surface area (Å²) < 4.78 is 25.4. The monoisotopic (exact) mass is 341 g/mol. The van der Waals surface area contributed by atoms with E-state index in [0.717, 1.165) is 12.8 Å². The van der Waals surface area contributed by atoms with E-state index in [4.69, 9.17) is 15.6 Å². The first-order valence-electron chi connectivity index (χ1n) is 9.11. The molecule has 0 unspecified atom stereocenters. The Morgan fingerprint density at radius 3 is 2.40 bits per heavy atom. The molecule has 132 valence electrons. The molecular weight excluding hydrogens is 316 g/mol. The van der Waals surface area contributed by atoms with Crippen LogP contribution in [0.25, 0.3) is 0 Å². The quantitative estimate of drug-likeness (QED) is 0.744. The van der Waals surface area contributed by atoms with Gasteiger partial charge in [-0.25, -0.2) is 0 Å². The second-order valence-corrected chi connectivity index (χ2v) is 6.17. The first kappa shape index (κ1) is 16.3. The minimum Gasteiger partial charge on any atom is -0.469 e. The summed E-state index contributed by atoms with van der Waals surface area (Å²) in [5, 5.41) is 0. The molecule has 1 aliphatic heterocycles. The maximum Gasteiger partial charge on any atom is 0.308 e. The van der Waals surface area contributed by atoms with E-state index in [1.165, 1.54) is 12.7 Å². The largest absolute Gasteiger partial charge is 0.469 e. The molecule has 0 aromatic heterocycles. The van der Waals surface area contributed by atoms with Gasteiger partial charge in [0.1, 0.15) is 0 Å². The van der Waals surface area contributed by atoms with Crippen molar-refractivity contribution in [3.8, 4) is 0 Å². The maximum atomic E-state index is 11.7. The van der Waals surface area contributed by atoms with Gasteiger partial charge in [-0.1, -0.05) is 60.7 Å². The summed E-state index contributed by atoms with van der Waals surface area (Å²) in [4.78, 5) is 11.7. The number of benzene rings is 2. The highest BCUT2D eigenvalue weighted by Crippen LogP contribution is 2.32. The third-order valence-electron chi connectivity index (χ3n) is 4.30. The highest BCUT2D eigenvalue weighted by Gasteiger charge is 2.32. The zero-order valence-electron chi connectivity index (χ0n) is 15.4. The molecule has 0 bridgehead atoms. The molecule has 2 aromatic rings. The van der Waals surface area contributed by atoms with Crippen LogP contribution in [-0.4, -0.2) is 25.3 Å². The van der Waals surface area contributed by atoms with Crippen molar-refractivity contribution in [2.75, 3.05) is 7.11 Å². The molecular formula is C21H24O4. The molecule has 0 amide bonds. The van der Waals surface area contributed by atoms with E-state index in [1.54, 1.807) is 0 Å². The average Bonchev–Trinajstić information content (AvgIpc) is 2.67. The van der Waals surface area contributed by atoms with Gasteiger partial charge in [-0.05, 0) is 18.4 Å². The number of hydrogen-bond donors (Lipinski definition) is 0. The van der Waals surface area contributed by atoms with E-state index >= 15 is 0 Å². The van der Waals surface area contributed by atoms with Crippen molar-refractivity contribution < 1.29 is 20.4 Å². The topological polar surface area (TPSA) is 44.8 Å². The van der Waals surface area contributed by atoms with Crippen molar-refractivity contribution in [2.45, 2.75) is 44.2 Å². The maximum absolute atomic E-state index is 11.7. The van der Waals surface area contributed by atoms with Crippen molar-refractivity contribution in [2.24, 2.45) is 0 Å². The van der Waals surface area contributed by atoms with Crippen LogP contribution in [0, 0.1) is 0 Å². The third kappa shape index (κ3) is 5.15. The lowest BCUT2D eigenvalue weighted by Gasteiger charge is -2.35. The molecule has 3 rings (SSSR count). The number of hydrogen-bond acceptors (Lipinski definition) is 4. The Balaban J connectivity index is 1.74. The Hall–Kier alpha value is -2.17. The minimum atomic E-state index is -1.61. The second-order valence-electron chi connectivity index (χ2n) is 6.17. The molecule has 0 saturated carbocycles. The molecule has 3 atom stereocenters. The average molecular weight is 341 g/mol. The van der Waals surface area contributed by atoms with Crippen LogP contribution in [0.1, 0.15) is 38.0 Å². The lowest BCUT2D eigenvalue weighted by molar-refractivity contribution is -0.250. The van der Waals surface area contributed by atoms with E-state index in [1.807, 2.05) is 48.5 Å². The van der Waals surface area contributed by atoms with Gasteiger partial charge in [-0.3, -0.25) is 4.79 Å². The summed E-state index contributed by atoms with van der Waals surface area (Å²) in [5.74, 6) is -0.339. The molecule has 2 aromatic carbocycles. The fourth-order valence-corrected chi connectivity index (χ4v) is 2.97. The summed E-state index contributed by atoms with van der Waals surface area (Å²) in [6.07, 6.45) is 0.107. The summed E-state index contributed by atoms with van der Waals surface area (Å²) >= 11 is 0. The molecule has 1 saturated heterocycles.